The van der Waals surface area contributed by atoms with Crippen LogP contribution < -0.4 is 14.8 Å². The van der Waals surface area contributed by atoms with Gasteiger partial charge in [-0.15, -0.1) is 0 Å². The van der Waals surface area contributed by atoms with Gasteiger partial charge < -0.3 is 0 Å². The van der Waals surface area contributed by atoms with Crippen LogP contribution in [0.2, 0.25) is 0 Å². The molecule has 0 aliphatic rings. The summed E-state index contributed by atoms with van der Waals surface area (Å²) in [4.78, 5) is 0. The SMILES string of the molecule is [Ba+2].[Ca+2].[O-][Ti]([O-])([O-])[O-]. The van der Waals surface area contributed by atoms with E-state index in [1.54, 1.807) is 0 Å². The molecule has 0 aromatic carbocycles. The van der Waals surface area contributed by atoms with Crippen LogP contribution in [-0.4, -0.2) is 86.6 Å². The molecule has 0 aliphatic heterocycles. The van der Waals surface area contributed by atoms with Crippen LogP contribution in [0.15, 0.2) is 0 Å². The fourth-order valence-corrected chi connectivity index (χ4v) is 0. The second-order valence-electron chi connectivity index (χ2n) is 0.500. The number of hydrogen-bond donors (Lipinski definition) is 0. The minimum atomic E-state index is -6.00. The Balaban J connectivity index is -0.0000000800. The summed E-state index contributed by atoms with van der Waals surface area (Å²) in [7, 11) is 0. The molecule has 0 rings (SSSR count). The van der Waals surface area contributed by atoms with E-state index in [0.29, 0.717) is 0 Å². The van der Waals surface area contributed by atoms with Crippen molar-refractivity contribution in [2.45, 2.75) is 0 Å². The van der Waals surface area contributed by atoms with Crippen molar-refractivity contribution < 1.29 is 32.9 Å². The topological polar surface area (TPSA) is 92.2 Å². The molecule has 0 bridgehead atoms. The first-order chi connectivity index (χ1) is 2.00. The zero-order chi connectivity index (χ0) is 4.50. The Bertz CT molecular complexity index is 27.2. The molecule has 0 heterocycles. The Morgan fingerprint density at radius 3 is 0.857 bits per heavy atom. The predicted molar refractivity (Wildman–Crippen MR) is 11.5 cm³/mol. The van der Waals surface area contributed by atoms with Crippen molar-refractivity contribution in [2.75, 3.05) is 0 Å². The van der Waals surface area contributed by atoms with E-state index in [2.05, 4.69) is 0 Å². The third kappa shape index (κ3) is 44.7. The Kier molecular flexibility index (Phi) is 18.0. The van der Waals surface area contributed by atoms with E-state index in [-0.39, 0.29) is 86.6 Å². The van der Waals surface area contributed by atoms with Gasteiger partial charge in [0.15, 0.2) is 0 Å². The maximum atomic E-state index is 8.62. The third-order valence-corrected chi connectivity index (χ3v) is 0. The van der Waals surface area contributed by atoms with Crippen LogP contribution in [0, 0.1) is 0 Å². The average Bonchev–Trinajstić information content (AvgIpc) is 0.722. The normalized spacial score (nSPS) is 8.57. The molecule has 4 nitrogen and oxygen atoms in total. The van der Waals surface area contributed by atoms with Crippen LogP contribution in [0.1, 0.15) is 0 Å². The molecule has 0 spiro atoms. The molecular formula is BaCaO4Ti. The molecule has 32 valence electrons. The van der Waals surface area contributed by atoms with E-state index in [9.17, 15) is 0 Å². The summed E-state index contributed by atoms with van der Waals surface area (Å²) in [6, 6.07) is 0. The van der Waals surface area contributed by atoms with Crippen LogP contribution in [0.5, 0.6) is 0 Å². The van der Waals surface area contributed by atoms with Crippen molar-refractivity contribution in [1.29, 1.82) is 0 Å². The molecule has 7 heteroatoms. The number of rotatable bonds is 0. The first-order valence-corrected chi connectivity index (χ1v) is 3.37. The molecule has 0 unspecified atom stereocenters. The Morgan fingerprint density at radius 2 is 0.857 bits per heavy atom. The molecule has 0 amide bonds. The van der Waals surface area contributed by atoms with Crippen LogP contribution in [0.3, 0.4) is 0 Å². The van der Waals surface area contributed by atoms with Gasteiger partial charge in [0.1, 0.15) is 0 Å². The summed E-state index contributed by atoms with van der Waals surface area (Å²) in [6.45, 7) is 0. The van der Waals surface area contributed by atoms with Crippen molar-refractivity contribution in [3.8, 4) is 0 Å². The van der Waals surface area contributed by atoms with Crippen LogP contribution in [-0.2, 0) is 18.1 Å². The standard InChI is InChI=1S/Ba.Ca.4O.Ti/q2*+2;4*-1;. The molecule has 0 aliphatic carbocycles. The number of hydrogen-bond acceptors (Lipinski definition) is 4. The van der Waals surface area contributed by atoms with Crippen LogP contribution in [0.4, 0.5) is 0 Å². The van der Waals surface area contributed by atoms with Gasteiger partial charge in [0.05, 0.1) is 0 Å². The molecule has 0 N–H and O–H groups in total. The summed E-state index contributed by atoms with van der Waals surface area (Å²) in [5.41, 5.74) is 0. The first kappa shape index (κ1) is 16.8. The summed E-state index contributed by atoms with van der Waals surface area (Å²) < 4.78 is 34.5. The van der Waals surface area contributed by atoms with Gasteiger partial charge in [-0.25, -0.2) is 0 Å². The van der Waals surface area contributed by atoms with Crippen molar-refractivity contribution in [3.05, 3.63) is 0 Å². The molecule has 0 aromatic rings. The van der Waals surface area contributed by atoms with Crippen molar-refractivity contribution in [2.24, 2.45) is 0 Å². The summed E-state index contributed by atoms with van der Waals surface area (Å²) in [5.74, 6) is 0. The molecule has 7 heavy (non-hydrogen) atoms. The quantitative estimate of drug-likeness (QED) is 0.416. The van der Waals surface area contributed by atoms with Gasteiger partial charge in [-0.1, -0.05) is 0 Å². The monoisotopic (exact) mass is 290 g/mol. The predicted octanol–water partition coefficient (Wildman–Crippen LogP) is -5.52. The molecule has 0 saturated heterocycles. The van der Waals surface area contributed by atoms with Crippen molar-refractivity contribution in [3.63, 3.8) is 0 Å². The molecule has 0 radical (unpaired) electrons. The van der Waals surface area contributed by atoms with Crippen molar-refractivity contribution in [1.82, 2.24) is 0 Å². The van der Waals surface area contributed by atoms with Crippen LogP contribution >= 0.6 is 0 Å². The summed E-state index contributed by atoms with van der Waals surface area (Å²) in [6.07, 6.45) is 0. The third-order valence-electron chi connectivity index (χ3n) is 0. The maximum absolute atomic E-state index is 8.62. The second kappa shape index (κ2) is 7.49. The van der Waals surface area contributed by atoms with E-state index in [0.717, 1.165) is 0 Å². The van der Waals surface area contributed by atoms with Gasteiger partial charge in [0.25, 0.3) is 0 Å². The van der Waals surface area contributed by atoms with Gasteiger partial charge in [-0.05, 0) is 0 Å². The molecule has 0 fully saturated rings. The molecule has 0 aromatic heterocycles. The van der Waals surface area contributed by atoms with E-state index in [4.69, 9.17) is 14.8 Å². The van der Waals surface area contributed by atoms with Crippen LogP contribution in [0.25, 0.3) is 0 Å². The van der Waals surface area contributed by atoms with E-state index >= 15 is 0 Å². The van der Waals surface area contributed by atoms with Gasteiger partial charge in [0, 0.05) is 0 Å². The minimum absolute atomic E-state index is 0. The van der Waals surface area contributed by atoms with Gasteiger partial charge in [-0.3, -0.25) is 0 Å². The molecule has 0 saturated carbocycles. The van der Waals surface area contributed by atoms with Gasteiger partial charge in [0.2, 0.25) is 0 Å². The average molecular weight is 289 g/mol. The van der Waals surface area contributed by atoms with E-state index < -0.39 is 18.1 Å². The fourth-order valence-electron chi connectivity index (χ4n) is 0. The van der Waals surface area contributed by atoms with E-state index in [1.807, 2.05) is 0 Å². The zero-order valence-corrected chi connectivity index (χ0v) is 11.8. The Morgan fingerprint density at radius 1 is 0.857 bits per heavy atom. The van der Waals surface area contributed by atoms with Crippen molar-refractivity contribution >= 4 is 86.6 Å². The fraction of sp³-hybridized carbons (Fsp3) is 0. The molecular weight excluding hydrogens is 289 g/mol. The second-order valence-corrected chi connectivity index (χ2v) is 2.06. The Hall–Kier alpha value is 3.39. The zero-order valence-electron chi connectivity index (χ0n) is 3.55. The molecule has 0 atom stereocenters. The summed E-state index contributed by atoms with van der Waals surface area (Å²) in [5, 5.41) is 0. The van der Waals surface area contributed by atoms with Gasteiger partial charge >= 0.3 is 120 Å². The van der Waals surface area contributed by atoms with E-state index in [1.165, 1.54) is 0 Å². The summed E-state index contributed by atoms with van der Waals surface area (Å²) >= 11 is -6.00. The Labute approximate surface area is 116 Å². The first-order valence-electron chi connectivity index (χ1n) is 0.816. The van der Waals surface area contributed by atoms with Gasteiger partial charge in [-0.2, -0.15) is 0 Å².